The molecule has 12 heteroatoms. The molecule has 4 aromatic heterocycles. The number of halogens is 3. The summed E-state index contributed by atoms with van der Waals surface area (Å²) in [5.74, 6) is 2.19. The van der Waals surface area contributed by atoms with Gasteiger partial charge in [0.05, 0.1) is 17.0 Å². The molecule has 0 aliphatic carbocycles. The van der Waals surface area contributed by atoms with E-state index in [0.717, 1.165) is 79.0 Å². The van der Waals surface area contributed by atoms with Gasteiger partial charge in [0.1, 0.15) is 5.65 Å². The monoisotopic (exact) mass is 491 g/mol. The Labute approximate surface area is 198 Å². The van der Waals surface area contributed by atoms with Crippen LogP contribution in [0.25, 0.3) is 17.2 Å². The lowest BCUT2D eigenvalue weighted by Crippen LogP contribution is -2.28. The van der Waals surface area contributed by atoms with Gasteiger partial charge in [-0.1, -0.05) is 11.8 Å². The second kappa shape index (κ2) is 9.06. The van der Waals surface area contributed by atoms with Gasteiger partial charge in [-0.25, -0.2) is 9.97 Å². The molecule has 0 fully saturated rings. The van der Waals surface area contributed by atoms with E-state index in [1.807, 2.05) is 18.5 Å². The van der Waals surface area contributed by atoms with Gasteiger partial charge < -0.3 is 18.3 Å². The molecule has 180 valence electrons. The summed E-state index contributed by atoms with van der Waals surface area (Å²) in [6.45, 7) is 4.50. The van der Waals surface area contributed by atoms with Crippen LogP contribution in [0.5, 0.6) is 0 Å². The zero-order valence-electron chi connectivity index (χ0n) is 18.8. The fraction of sp³-hybridized carbons (Fsp3) is 0.455. The summed E-state index contributed by atoms with van der Waals surface area (Å²) in [6.07, 6.45) is 1.01. The van der Waals surface area contributed by atoms with Crippen molar-refractivity contribution in [2.45, 2.75) is 37.5 Å². The number of fused-ring (bicyclic) bond motifs is 3. The van der Waals surface area contributed by atoms with E-state index in [2.05, 4.69) is 25.1 Å². The summed E-state index contributed by atoms with van der Waals surface area (Å²) < 4.78 is 48.2. The van der Waals surface area contributed by atoms with Crippen LogP contribution in [-0.2, 0) is 26.1 Å². The lowest BCUT2D eigenvalue weighted by atomic mass is 10.2. The summed E-state index contributed by atoms with van der Waals surface area (Å²) in [4.78, 5) is 11.0. The van der Waals surface area contributed by atoms with Crippen molar-refractivity contribution in [2.24, 2.45) is 7.05 Å². The molecule has 0 spiro atoms. The number of alkyl halides is 3. The van der Waals surface area contributed by atoms with Crippen molar-refractivity contribution in [3.05, 3.63) is 47.4 Å². The third kappa shape index (κ3) is 4.43. The van der Waals surface area contributed by atoms with Gasteiger partial charge in [-0.3, -0.25) is 0 Å². The molecule has 5 rings (SSSR count). The van der Waals surface area contributed by atoms with E-state index in [0.29, 0.717) is 17.2 Å². The van der Waals surface area contributed by atoms with Gasteiger partial charge in [0.2, 0.25) is 5.82 Å². The number of imidazole rings is 1. The third-order valence-electron chi connectivity index (χ3n) is 6.10. The van der Waals surface area contributed by atoms with Crippen molar-refractivity contribution in [1.82, 2.24) is 34.0 Å². The lowest BCUT2D eigenvalue weighted by molar-refractivity contribution is -0.137. The van der Waals surface area contributed by atoms with Crippen LogP contribution in [-0.4, -0.2) is 59.4 Å². The number of nitrogens with zero attached hydrogens (tertiary/aromatic N) is 7. The van der Waals surface area contributed by atoms with Crippen LogP contribution < -0.4 is 0 Å². The van der Waals surface area contributed by atoms with Gasteiger partial charge in [0.15, 0.2) is 17.3 Å². The molecular formula is C22H24F3N7OS. The SMILES string of the molecule is Cc1ncoc1-c1nnc(SCCCN2CCc3nc4cc(C(F)(F)F)ccn4c3CC2)n1C. The van der Waals surface area contributed by atoms with E-state index in [-0.39, 0.29) is 0 Å². The Kier molecular flexibility index (Phi) is 6.11. The first-order chi connectivity index (χ1) is 16.3. The van der Waals surface area contributed by atoms with Gasteiger partial charge in [-0.2, -0.15) is 13.2 Å². The molecule has 8 nitrogen and oxygen atoms in total. The van der Waals surface area contributed by atoms with Crippen LogP contribution in [0.3, 0.4) is 0 Å². The molecule has 5 heterocycles. The van der Waals surface area contributed by atoms with Gasteiger partial charge in [0, 0.05) is 50.6 Å². The number of hydrogen-bond acceptors (Lipinski definition) is 7. The van der Waals surface area contributed by atoms with E-state index >= 15 is 0 Å². The first kappa shape index (κ1) is 22.9. The number of hydrogen-bond donors (Lipinski definition) is 0. The van der Waals surface area contributed by atoms with Gasteiger partial charge in [0.25, 0.3) is 0 Å². The fourth-order valence-electron chi connectivity index (χ4n) is 4.26. The average Bonchev–Trinajstić information content (AvgIpc) is 3.44. The summed E-state index contributed by atoms with van der Waals surface area (Å²) in [7, 11) is 1.91. The molecule has 34 heavy (non-hydrogen) atoms. The van der Waals surface area contributed by atoms with Gasteiger partial charge in [-0.05, 0) is 32.0 Å². The Bertz CT molecular complexity index is 1310. The Morgan fingerprint density at radius 3 is 2.76 bits per heavy atom. The number of pyridine rings is 1. The number of rotatable bonds is 6. The van der Waals surface area contributed by atoms with Crippen LogP contribution in [0.1, 0.15) is 29.1 Å². The van der Waals surface area contributed by atoms with Crippen LogP contribution in [0, 0.1) is 6.92 Å². The minimum atomic E-state index is -4.36. The Balaban J connectivity index is 1.15. The third-order valence-corrected chi connectivity index (χ3v) is 7.20. The van der Waals surface area contributed by atoms with Gasteiger partial charge >= 0.3 is 6.18 Å². The average molecular weight is 492 g/mol. The molecule has 0 amide bonds. The summed E-state index contributed by atoms with van der Waals surface area (Å²) >= 11 is 1.65. The van der Waals surface area contributed by atoms with E-state index in [4.69, 9.17) is 4.42 Å². The largest absolute Gasteiger partial charge is 0.440 e. The molecule has 0 saturated heterocycles. The second-order valence-corrected chi connectivity index (χ2v) is 9.38. The summed E-state index contributed by atoms with van der Waals surface area (Å²) in [5.41, 5.74) is 2.39. The summed E-state index contributed by atoms with van der Waals surface area (Å²) in [5, 5.41) is 9.34. The van der Waals surface area contributed by atoms with Crippen LogP contribution in [0.15, 0.2) is 34.3 Å². The lowest BCUT2D eigenvalue weighted by Gasteiger charge is -2.19. The molecule has 0 atom stereocenters. The highest BCUT2D eigenvalue weighted by atomic mass is 32.2. The van der Waals surface area contributed by atoms with E-state index in [9.17, 15) is 13.2 Å². The second-order valence-electron chi connectivity index (χ2n) is 8.32. The number of aryl methyl sites for hydroxylation is 1. The number of aromatic nitrogens is 6. The van der Waals surface area contributed by atoms with E-state index < -0.39 is 11.7 Å². The molecule has 0 bridgehead atoms. The highest BCUT2D eigenvalue weighted by Crippen LogP contribution is 2.31. The molecule has 4 aromatic rings. The zero-order chi connectivity index (χ0) is 23.9. The quantitative estimate of drug-likeness (QED) is 0.298. The molecule has 0 unspecified atom stereocenters. The molecule has 1 aliphatic heterocycles. The zero-order valence-corrected chi connectivity index (χ0v) is 19.7. The maximum absolute atomic E-state index is 13.0. The molecule has 0 aromatic carbocycles. The molecule has 0 saturated carbocycles. The maximum Gasteiger partial charge on any atom is 0.416 e. The Morgan fingerprint density at radius 1 is 1.18 bits per heavy atom. The minimum absolute atomic E-state index is 0.369. The predicted octanol–water partition coefficient (Wildman–Crippen LogP) is 4.03. The van der Waals surface area contributed by atoms with Crippen molar-refractivity contribution >= 4 is 17.4 Å². The molecule has 0 N–H and O–H groups in total. The fourth-order valence-corrected chi connectivity index (χ4v) is 5.09. The van der Waals surface area contributed by atoms with Crippen LogP contribution in [0.4, 0.5) is 13.2 Å². The van der Waals surface area contributed by atoms with Crippen molar-refractivity contribution in [1.29, 1.82) is 0 Å². The standard InChI is InChI=1S/C22H24F3N7OS/c1-14-19(33-13-26-14)20-28-29-21(30(20)2)34-11-3-7-31-8-5-16-17(6-9-31)32-10-4-15(22(23,24)25)12-18(32)27-16/h4,10,12-13H,3,5-9,11H2,1-2H3. The van der Waals surface area contributed by atoms with Crippen LogP contribution in [0.2, 0.25) is 0 Å². The highest BCUT2D eigenvalue weighted by molar-refractivity contribution is 7.99. The normalized spacial score (nSPS) is 15.1. The van der Waals surface area contributed by atoms with Gasteiger partial charge in [-0.15, -0.1) is 10.2 Å². The molecule has 1 aliphatic rings. The smallest absolute Gasteiger partial charge is 0.416 e. The van der Waals surface area contributed by atoms with Crippen LogP contribution >= 0.6 is 11.8 Å². The minimum Gasteiger partial charge on any atom is -0.440 e. The summed E-state index contributed by atoms with van der Waals surface area (Å²) in [6, 6.07) is 2.25. The highest BCUT2D eigenvalue weighted by Gasteiger charge is 2.31. The molecule has 0 radical (unpaired) electrons. The maximum atomic E-state index is 13.0. The number of thioether (sulfide) groups is 1. The first-order valence-electron chi connectivity index (χ1n) is 11.0. The van der Waals surface area contributed by atoms with E-state index in [1.165, 1.54) is 12.6 Å². The predicted molar refractivity (Wildman–Crippen MR) is 121 cm³/mol. The Morgan fingerprint density at radius 2 is 2.00 bits per heavy atom. The van der Waals surface area contributed by atoms with Crippen molar-refractivity contribution in [2.75, 3.05) is 25.4 Å². The Hall–Kier alpha value is -2.86. The molecular weight excluding hydrogens is 467 g/mol. The topological polar surface area (TPSA) is 77.3 Å². The van der Waals surface area contributed by atoms with Crippen molar-refractivity contribution in [3.8, 4) is 11.6 Å². The first-order valence-corrected chi connectivity index (χ1v) is 12.0. The number of oxazole rings is 1. The van der Waals surface area contributed by atoms with E-state index in [1.54, 1.807) is 16.2 Å². The van der Waals surface area contributed by atoms with Crippen molar-refractivity contribution < 1.29 is 17.6 Å². The van der Waals surface area contributed by atoms with Crippen molar-refractivity contribution in [3.63, 3.8) is 0 Å².